The molecule has 1 aliphatic rings. The number of esters is 1. The van der Waals surface area contributed by atoms with E-state index in [1.54, 1.807) is 11.3 Å². The minimum absolute atomic E-state index is 0.358. The maximum atomic E-state index is 13.1. The number of ether oxygens (including phenoxy) is 1. The Morgan fingerprint density at radius 3 is 2.62 bits per heavy atom. The zero-order valence-corrected chi connectivity index (χ0v) is 21.2. The third-order valence-corrected chi connectivity index (χ3v) is 7.73. The van der Waals surface area contributed by atoms with Crippen LogP contribution in [0.25, 0.3) is 31.7 Å². The Morgan fingerprint density at radius 2 is 1.76 bits per heavy atom. The van der Waals surface area contributed by atoms with E-state index in [1.807, 2.05) is 54.6 Å². The number of aryl methyl sites for hydroxylation is 2. The molecule has 37 heavy (non-hydrogen) atoms. The van der Waals surface area contributed by atoms with Gasteiger partial charge in [0.25, 0.3) is 5.91 Å². The second kappa shape index (κ2) is 9.75. The summed E-state index contributed by atoms with van der Waals surface area (Å²) in [4.78, 5) is 35.2. The van der Waals surface area contributed by atoms with Crippen molar-refractivity contribution in [2.24, 2.45) is 0 Å². The molecule has 2 heterocycles. The number of rotatable bonds is 5. The highest BCUT2D eigenvalue weighted by Gasteiger charge is 2.24. The number of thiazole rings is 1. The Morgan fingerprint density at radius 1 is 0.946 bits per heavy atom. The van der Waals surface area contributed by atoms with Crippen LogP contribution in [0.15, 0.2) is 66.7 Å². The molecule has 0 saturated carbocycles. The van der Waals surface area contributed by atoms with Gasteiger partial charge in [0.15, 0.2) is 6.61 Å². The molecule has 0 unspecified atom stereocenters. The number of fused-ring (bicyclic) bond motifs is 3. The number of carbonyl (C=O) groups excluding carboxylic acids is 2. The Balaban J connectivity index is 1.14. The summed E-state index contributed by atoms with van der Waals surface area (Å²) in [7, 11) is 0. The predicted molar refractivity (Wildman–Crippen MR) is 147 cm³/mol. The molecule has 184 valence electrons. The fraction of sp³-hybridized carbons (Fsp3) is 0.200. The van der Waals surface area contributed by atoms with Crippen LogP contribution >= 0.6 is 11.3 Å². The molecule has 7 heteroatoms. The number of pyridine rings is 1. The summed E-state index contributed by atoms with van der Waals surface area (Å²) in [6, 6.07) is 21.4. The molecule has 3 aromatic carbocycles. The highest BCUT2D eigenvalue weighted by Crippen LogP contribution is 2.32. The van der Waals surface area contributed by atoms with E-state index in [1.165, 1.54) is 5.56 Å². The molecule has 1 amide bonds. The highest BCUT2D eigenvalue weighted by atomic mass is 32.1. The number of benzene rings is 3. The fourth-order valence-corrected chi connectivity index (χ4v) is 5.93. The average molecular weight is 508 g/mol. The normalized spacial score (nSPS) is 12.9. The second-order valence-corrected chi connectivity index (χ2v) is 10.4. The number of amides is 1. The summed E-state index contributed by atoms with van der Waals surface area (Å²) >= 11 is 1.64. The molecule has 1 N–H and O–H groups in total. The van der Waals surface area contributed by atoms with E-state index in [-0.39, 0.29) is 12.5 Å². The monoisotopic (exact) mass is 507 g/mol. The van der Waals surface area contributed by atoms with Crippen LogP contribution in [0, 0.1) is 6.92 Å². The number of hydrogen-bond acceptors (Lipinski definition) is 6. The number of para-hydroxylation sites is 1. The van der Waals surface area contributed by atoms with Gasteiger partial charge in [0.1, 0.15) is 5.01 Å². The number of carbonyl (C=O) groups is 2. The molecule has 0 fully saturated rings. The van der Waals surface area contributed by atoms with E-state index in [9.17, 15) is 9.59 Å². The third kappa shape index (κ3) is 4.70. The Labute approximate surface area is 218 Å². The molecule has 2 aromatic heterocycles. The smallest absolute Gasteiger partial charge is 0.339 e. The molecule has 0 atom stereocenters. The molecule has 1 aliphatic carbocycles. The van der Waals surface area contributed by atoms with Crippen molar-refractivity contribution in [2.45, 2.75) is 32.6 Å². The lowest BCUT2D eigenvalue weighted by atomic mass is 9.90. The van der Waals surface area contributed by atoms with Crippen LogP contribution in [0.3, 0.4) is 0 Å². The van der Waals surface area contributed by atoms with Gasteiger partial charge in [-0.3, -0.25) is 9.78 Å². The molecule has 0 spiro atoms. The maximum Gasteiger partial charge on any atom is 0.339 e. The first kappa shape index (κ1) is 23.3. The third-order valence-electron chi connectivity index (χ3n) is 6.67. The minimum Gasteiger partial charge on any atom is -0.452 e. The van der Waals surface area contributed by atoms with Crippen LogP contribution in [0.1, 0.15) is 40.0 Å². The zero-order valence-electron chi connectivity index (χ0n) is 20.4. The van der Waals surface area contributed by atoms with Crippen molar-refractivity contribution in [1.29, 1.82) is 0 Å². The molecule has 6 nitrogen and oxygen atoms in total. The first-order valence-electron chi connectivity index (χ1n) is 12.4. The lowest BCUT2D eigenvalue weighted by Gasteiger charge is -2.19. The van der Waals surface area contributed by atoms with E-state index in [2.05, 4.69) is 24.4 Å². The summed E-state index contributed by atoms with van der Waals surface area (Å²) < 4.78 is 6.64. The van der Waals surface area contributed by atoms with Gasteiger partial charge in [0.05, 0.1) is 21.3 Å². The standard InChI is InChI=1S/C30H25N3O3S/c1-18-10-15-25-26(16-18)37-29(33-25)19-11-13-20(14-12-19)31-27(34)17-36-30(35)28-21-6-2-4-8-23(21)32-24-9-5-3-7-22(24)28/h2,4,6,8,10-16H,3,5,7,9,17H2,1H3,(H,31,34). The Bertz CT molecular complexity index is 1660. The van der Waals surface area contributed by atoms with Crippen molar-refractivity contribution in [2.75, 3.05) is 11.9 Å². The average Bonchev–Trinajstić information content (AvgIpc) is 3.34. The number of nitrogens with zero attached hydrogens (tertiary/aromatic N) is 2. The van der Waals surface area contributed by atoms with E-state index >= 15 is 0 Å². The van der Waals surface area contributed by atoms with Gasteiger partial charge in [-0.2, -0.15) is 0 Å². The quantitative estimate of drug-likeness (QED) is 0.275. The van der Waals surface area contributed by atoms with Gasteiger partial charge in [-0.15, -0.1) is 11.3 Å². The molecular formula is C30H25N3O3S. The van der Waals surface area contributed by atoms with E-state index in [4.69, 9.17) is 14.7 Å². The van der Waals surface area contributed by atoms with E-state index < -0.39 is 5.97 Å². The van der Waals surface area contributed by atoms with Gasteiger partial charge < -0.3 is 10.1 Å². The number of anilines is 1. The maximum absolute atomic E-state index is 13.1. The molecule has 0 saturated heterocycles. The van der Waals surface area contributed by atoms with Gasteiger partial charge in [-0.25, -0.2) is 9.78 Å². The molecule has 0 bridgehead atoms. The molecular weight excluding hydrogens is 482 g/mol. The van der Waals surface area contributed by atoms with Crippen molar-refractivity contribution in [1.82, 2.24) is 9.97 Å². The Kier molecular flexibility index (Phi) is 6.14. The van der Waals surface area contributed by atoms with Gasteiger partial charge in [0, 0.05) is 22.3 Å². The molecule has 5 aromatic rings. The van der Waals surface area contributed by atoms with Crippen LogP contribution < -0.4 is 5.32 Å². The minimum atomic E-state index is -0.478. The SMILES string of the molecule is Cc1ccc2nc(-c3ccc(NC(=O)COC(=O)c4c5c(nc6ccccc46)CCCC5)cc3)sc2c1. The molecule has 6 rings (SSSR count). The van der Waals surface area contributed by atoms with Crippen LogP contribution in [-0.4, -0.2) is 28.5 Å². The van der Waals surface area contributed by atoms with Crippen molar-refractivity contribution in [3.05, 3.63) is 89.1 Å². The van der Waals surface area contributed by atoms with Crippen molar-refractivity contribution < 1.29 is 14.3 Å². The lowest BCUT2D eigenvalue weighted by Crippen LogP contribution is -2.22. The van der Waals surface area contributed by atoms with Crippen molar-refractivity contribution in [3.63, 3.8) is 0 Å². The Hall–Kier alpha value is -4.10. The molecule has 0 radical (unpaired) electrons. The van der Waals surface area contributed by atoms with Crippen molar-refractivity contribution in [3.8, 4) is 10.6 Å². The largest absolute Gasteiger partial charge is 0.452 e. The summed E-state index contributed by atoms with van der Waals surface area (Å²) in [5.74, 6) is -0.864. The van der Waals surface area contributed by atoms with Gasteiger partial charge in [-0.05, 0) is 86.2 Å². The number of nitrogens with one attached hydrogen (secondary N) is 1. The first-order chi connectivity index (χ1) is 18.0. The summed E-state index contributed by atoms with van der Waals surface area (Å²) in [5, 5.41) is 4.52. The van der Waals surface area contributed by atoms with Gasteiger partial charge in [0.2, 0.25) is 0 Å². The van der Waals surface area contributed by atoms with E-state index in [0.29, 0.717) is 11.3 Å². The van der Waals surface area contributed by atoms with Gasteiger partial charge >= 0.3 is 5.97 Å². The highest BCUT2D eigenvalue weighted by molar-refractivity contribution is 7.21. The zero-order chi connectivity index (χ0) is 25.4. The van der Waals surface area contributed by atoms with Crippen LogP contribution in [-0.2, 0) is 22.4 Å². The summed E-state index contributed by atoms with van der Waals surface area (Å²) in [6.45, 7) is 1.71. The first-order valence-corrected chi connectivity index (χ1v) is 13.2. The number of hydrogen-bond donors (Lipinski definition) is 1. The molecule has 0 aliphatic heterocycles. The number of aromatic nitrogens is 2. The van der Waals surface area contributed by atoms with Gasteiger partial charge in [-0.1, -0.05) is 24.3 Å². The van der Waals surface area contributed by atoms with Crippen LogP contribution in [0.2, 0.25) is 0 Å². The summed E-state index contributed by atoms with van der Waals surface area (Å²) in [5.41, 5.74) is 7.05. The fourth-order valence-electron chi connectivity index (χ4n) is 4.86. The van der Waals surface area contributed by atoms with Crippen LogP contribution in [0.4, 0.5) is 5.69 Å². The predicted octanol–water partition coefficient (Wildman–Crippen LogP) is 6.49. The lowest BCUT2D eigenvalue weighted by molar-refractivity contribution is -0.119. The second-order valence-electron chi connectivity index (χ2n) is 9.33. The van der Waals surface area contributed by atoms with E-state index in [0.717, 1.165) is 68.6 Å². The topological polar surface area (TPSA) is 81.2 Å². The van der Waals surface area contributed by atoms with Crippen molar-refractivity contribution >= 4 is 50.0 Å². The summed E-state index contributed by atoms with van der Waals surface area (Å²) in [6.07, 6.45) is 3.73. The van der Waals surface area contributed by atoms with Crippen LogP contribution in [0.5, 0.6) is 0 Å².